The summed E-state index contributed by atoms with van der Waals surface area (Å²) in [6.45, 7) is 5.71. The lowest BCUT2D eigenvalue weighted by Gasteiger charge is -2.29. The lowest BCUT2D eigenvalue weighted by molar-refractivity contribution is -0.156. The molecule has 1 aliphatic heterocycles. The van der Waals surface area contributed by atoms with Gasteiger partial charge in [0.2, 0.25) is 5.91 Å². The Morgan fingerprint density at radius 1 is 1.14 bits per heavy atom. The molecule has 158 valence electrons. The Hall–Kier alpha value is -2.90. The molecular weight excluding hydrogens is 376 g/mol. The number of ketones is 1. The van der Waals surface area contributed by atoms with Crippen LogP contribution in [-0.2, 0) is 30.5 Å². The SMILES string of the molecule is CCOC(=O)C(=O)C1CCCN1C(=O)[C@H](NC(=O)OCc1ccccc1)C(C)C. The van der Waals surface area contributed by atoms with Gasteiger partial charge >= 0.3 is 12.1 Å². The van der Waals surface area contributed by atoms with E-state index in [9.17, 15) is 19.2 Å². The number of hydrogen-bond donors (Lipinski definition) is 1. The molecule has 2 atom stereocenters. The third-order valence-electron chi connectivity index (χ3n) is 4.73. The van der Waals surface area contributed by atoms with Gasteiger partial charge in [-0.15, -0.1) is 0 Å². The largest absolute Gasteiger partial charge is 0.460 e. The van der Waals surface area contributed by atoms with Crippen LogP contribution in [0.15, 0.2) is 30.3 Å². The molecule has 8 heteroatoms. The summed E-state index contributed by atoms with van der Waals surface area (Å²) in [7, 11) is 0. The summed E-state index contributed by atoms with van der Waals surface area (Å²) in [6.07, 6.45) is 0.283. The van der Waals surface area contributed by atoms with Crippen molar-refractivity contribution in [1.29, 1.82) is 0 Å². The Kier molecular flexibility index (Phi) is 8.18. The lowest BCUT2D eigenvalue weighted by Crippen LogP contribution is -2.54. The van der Waals surface area contributed by atoms with Gasteiger partial charge in [-0.2, -0.15) is 0 Å². The number of likely N-dealkylation sites (tertiary alicyclic amines) is 1. The highest BCUT2D eigenvalue weighted by molar-refractivity contribution is 6.36. The van der Waals surface area contributed by atoms with Gasteiger partial charge in [0.25, 0.3) is 5.78 Å². The normalized spacial score (nSPS) is 17.0. The summed E-state index contributed by atoms with van der Waals surface area (Å²) in [6, 6.07) is 7.47. The van der Waals surface area contributed by atoms with Gasteiger partial charge in [-0.05, 0) is 31.2 Å². The van der Waals surface area contributed by atoms with E-state index < -0.39 is 35.8 Å². The maximum absolute atomic E-state index is 13.0. The molecule has 8 nitrogen and oxygen atoms in total. The molecule has 29 heavy (non-hydrogen) atoms. The molecule has 2 amide bonds. The maximum atomic E-state index is 13.0. The standard InChI is InChI=1S/C21H28N2O6/c1-4-28-20(26)18(24)16-11-8-12-23(16)19(25)17(14(2)3)22-21(27)29-13-15-9-6-5-7-10-15/h5-7,9-10,14,16-17H,4,8,11-13H2,1-3H3,(H,22,27)/t16?,17-/m1/s1. The van der Waals surface area contributed by atoms with Gasteiger partial charge in [0.1, 0.15) is 18.7 Å². The van der Waals surface area contributed by atoms with Crippen molar-refractivity contribution in [2.24, 2.45) is 5.92 Å². The van der Waals surface area contributed by atoms with E-state index in [2.05, 4.69) is 5.32 Å². The molecular formula is C21H28N2O6. The maximum Gasteiger partial charge on any atom is 0.408 e. The summed E-state index contributed by atoms with van der Waals surface area (Å²) in [5.41, 5.74) is 0.828. The minimum Gasteiger partial charge on any atom is -0.460 e. The first-order valence-electron chi connectivity index (χ1n) is 9.83. The fraction of sp³-hybridized carbons (Fsp3) is 0.524. The summed E-state index contributed by atoms with van der Waals surface area (Å²) < 4.78 is 9.98. The highest BCUT2D eigenvalue weighted by Gasteiger charge is 2.41. The van der Waals surface area contributed by atoms with Crippen LogP contribution >= 0.6 is 0 Å². The Morgan fingerprint density at radius 2 is 1.83 bits per heavy atom. The van der Waals surface area contributed by atoms with E-state index in [1.165, 1.54) is 4.90 Å². The molecule has 1 N–H and O–H groups in total. The van der Waals surface area contributed by atoms with Crippen LogP contribution in [0.25, 0.3) is 0 Å². The minimum atomic E-state index is -0.937. The molecule has 1 unspecified atom stereocenters. The Labute approximate surface area is 170 Å². The fourth-order valence-corrected chi connectivity index (χ4v) is 3.23. The number of amides is 2. The zero-order valence-electron chi connectivity index (χ0n) is 17.1. The molecule has 2 rings (SSSR count). The molecule has 0 saturated carbocycles. The van der Waals surface area contributed by atoms with Crippen molar-refractivity contribution in [2.45, 2.75) is 52.3 Å². The number of carbonyl (C=O) groups excluding carboxylic acids is 4. The second kappa shape index (κ2) is 10.6. The van der Waals surface area contributed by atoms with Crippen molar-refractivity contribution in [2.75, 3.05) is 13.2 Å². The van der Waals surface area contributed by atoms with E-state index in [1.54, 1.807) is 20.8 Å². The number of esters is 1. The predicted molar refractivity (Wildman–Crippen MR) is 105 cm³/mol. The molecule has 1 heterocycles. The molecule has 0 bridgehead atoms. The third-order valence-corrected chi connectivity index (χ3v) is 4.73. The van der Waals surface area contributed by atoms with Crippen LogP contribution < -0.4 is 5.32 Å². The van der Waals surface area contributed by atoms with Gasteiger partial charge in [0, 0.05) is 6.54 Å². The summed E-state index contributed by atoms with van der Waals surface area (Å²) in [5, 5.41) is 2.60. The number of Topliss-reactive ketones (excluding diaryl/α,β-unsaturated/α-hetero) is 1. The molecule has 0 aliphatic carbocycles. The number of ether oxygens (including phenoxy) is 2. The molecule has 1 fully saturated rings. The van der Waals surface area contributed by atoms with Gasteiger partial charge < -0.3 is 19.7 Å². The third kappa shape index (κ3) is 6.04. The Bertz CT molecular complexity index is 734. The second-order valence-electron chi connectivity index (χ2n) is 7.20. The van der Waals surface area contributed by atoms with Crippen LogP contribution in [0, 0.1) is 5.92 Å². The minimum absolute atomic E-state index is 0.0827. The average molecular weight is 404 g/mol. The summed E-state index contributed by atoms with van der Waals surface area (Å²) in [4.78, 5) is 50.8. The van der Waals surface area contributed by atoms with Crippen molar-refractivity contribution < 1.29 is 28.7 Å². The Morgan fingerprint density at radius 3 is 2.45 bits per heavy atom. The van der Waals surface area contributed by atoms with Crippen LogP contribution in [0.3, 0.4) is 0 Å². The number of nitrogens with one attached hydrogen (secondary N) is 1. The van der Waals surface area contributed by atoms with Crippen molar-refractivity contribution in [3.05, 3.63) is 35.9 Å². The topological polar surface area (TPSA) is 102 Å². The van der Waals surface area contributed by atoms with E-state index in [0.29, 0.717) is 19.4 Å². The van der Waals surface area contributed by atoms with Crippen LogP contribution in [0.2, 0.25) is 0 Å². The van der Waals surface area contributed by atoms with E-state index in [-0.39, 0.29) is 19.1 Å². The van der Waals surface area contributed by atoms with E-state index in [1.807, 2.05) is 30.3 Å². The quantitative estimate of drug-likeness (QED) is 0.526. The van der Waals surface area contributed by atoms with Crippen molar-refractivity contribution in [3.8, 4) is 0 Å². The predicted octanol–water partition coefficient (Wildman–Crippen LogP) is 2.06. The molecule has 0 spiro atoms. The zero-order chi connectivity index (χ0) is 21.4. The number of alkyl carbamates (subject to hydrolysis) is 1. The van der Waals surface area contributed by atoms with Crippen LogP contribution in [-0.4, -0.2) is 53.9 Å². The van der Waals surface area contributed by atoms with Crippen molar-refractivity contribution in [1.82, 2.24) is 10.2 Å². The number of rotatable bonds is 8. The van der Waals surface area contributed by atoms with Crippen molar-refractivity contribution in [3.63, 3.8) is 0 Å². The van der Waals surface area contributed by atoms with Gasteiger partial charge in [-0.25, -0.2) is 9.59 Å². The molecule has 1 aromatic rings. The molecule has 1 saturated heterocycles. The van der Waals surface area contributed by atoms with Gasteiger partial charge in [0.15, 0.2) is 0 Å². The number of hydrogen-bond acceptors (Lipinski definition) is 6. The number of nitrogens with zero attached hydrogens (tertiary/aromatic N) is 1. The highest BCUT2D eigenvalue weighted by atomic mass is 16.5. The van der Waals surface area contributed by atoms with Gasteiger partial charge in [-0.1, -0.05) is 44.2 Å². The van der Waals surface area contributed by atoms with Crippen LogP contribution in [0.5, 0.6) is 0 Å². The van der Waals surface area contributed by atoms with Gasteiger partial charge in [0.05, 0.1) is 6.61 Å². The fourth-order valence-electron chi connectivity index (χ4n) is 3.23. The van der Waals surface area contributed by atoms with Gasteiger partial charge in [-0.3, -0.25) is 9.59 Å². The van der Waals surface area contributed by atoms with Crippen molar-refractivity contribution >= 4 is 23.8 Å². The smallest absolute Gasteiger partial charge is 0.408 e. The lowest BCUT2D eigenvalue weighted by atomic mass is 10.0. The molecule has 0 radical (unpaired) electrons. The first-order valence-corrected chi connectivity index (χ1v) is 9.83. The van der Waals surface area contributed by atoms with E-state index >= 15 is 0 Å². The van der Waals surface area contributed by atoms with Crippen LogP contribution in [0.4, 0.5) is 4.79 Å². The zero-order valence-corrected chi connectivity index (χ0v) is 17.1. The van der Waals surface area contributed by atoms with E-state index in [0.717, 1.165) is 5.56 Å². The molecule has 1 aromatic carbocycles. The average Bonchev–Trinajstić information content (AvgIpc) is 3.20. The number of carbonyl (C=O) groups is 4. The second-order valence-corrected chi connectivity index (χ2v) is 7.20. The number of benzene rings is 1. The van der Waals surface area contributed by atoms with E-state index in [4.69, 9.17) is 9.47 Å². The first-order chi connectivity index (χ1) is 13.8. The summed E-state index contributed by atoms with van der Waals surface area (Å²) in [5.74, 6) is -2.30. The Balaban J connectivity index is 2.01. The first kappa shape index (κ1) is 22.4. The van der Waals surface area contributed by atoms with Crippen LogP contribution in [0.1, 0.15) is 39.2 Å². The highest BCUT2D eigenvalue weighted by Crippen LogP contribution is 2.21. The summed E-state index contributed by atoms with van der Waals surface area (Å²) >= 11 is 0. The monoisotopic (exact) mass is 404 g/mol. The molecule has 0 aromatic heterocycles. The molecule has 1 aliphatic rings.